The van der Waals surface area contributed by atoms with Gasteiger partial charge in [-0.15, -0.1) is 0 Å². The summed E-state index contributed by atoms with van der Waals surface area (Å²) in [5.74, 6) is 2.85. The van der Waals surface area contributed by atoms with Crippen molar-refractivity contribution in [1.29, 1.82) is 0 Å². The molecule has 2 aromatic carbocycles. The highest BCUT2D eigenvalue weighted by Gasteiger charge is 2.23. The van der Waals surface area contributed by atoms with Crippen molar-refractivity contribution < 1.29 is 14.2 Å². The fourth-order valence-corrected chi connectivity index (χ4v) is 2.66. The number of nitrogens with zero attached hydrogens (tertiary/aromatic N) is 1. The molecule has 0 spiro atoms. The SMILES string of the molecule is CC(C)[C@H]1COC(c2ccc3cc4c(cc3c2)OCO4)=N1. The van der Waals surface area contributed by atoms with Gasteiger partial charge in [-0.2, -0.15) is 0 Å². The van der Waals surface area contributed by atoms with E-state index in [-0.39, 0.29) is 6.04 Å². The summed E-state index contributed by atoms with van der Waals surface area (Å²) in [6.07, 6.45) is 0. The molecule has 0 saturated carbocycles. The molecule has 0 fully saturated rings. The van der Waals surface area contributed by atoms with Crippen LogP contribution in [-0.4, -0.2) is 25.3 Å². The lowest BCUT2D eigenvalue weighted by molar-refractivity contribution is 0.174. The summed E-state index contributed by atoms with van der Waals surface area (Å²) in [5, 5.41) is 2.23. The molecule has 0 N–H and O–H groups in total. The maximum atomic E-state index is 5.75. The molecule has 108 valence electrons. The van der Waals surface area contributed by atoms with Crippen molar-refractivity contribution in [3.05, 3.63) is 35.9 Å². The minimum atomic E-state index is 0.257. The van der Waals surface area contributed by atoms with Gasteiger partial charge in [0.25, 0.3) is 0 Å². The third kappa shape index (κ3) is 2.11. The standard InChI is InChI=1S/C17H17NO3/c1-10(2)14-8-19-17(18-14)12-4-3-11-6-15-16(21-9-20-15)7-13(11)5-12/h3-7,10,14H,8-9H2,1-2H3/t14-/m1/s1. The summed E-state index contributed by atoms with van der Waals surface area (Å²) in [6.45, 7) is 5.31. The molecule has 2 aliphatic heterocycles. The Morgan fingerprint density at radius 3 is 2.48 bits per heavy atom. The molecule has 4 rings (SSSR count). The Hall–Kier alpha value is -2.23. The molecular formula is C17H17NO3. The first-order valence-electron chi connectivity index (χ1n) is 7.25. The summed E-state index contributed by atoms with van der Waals surface area (Å²) in [5.41, 5.74) is 1.02. The van der Waals surface area contributed by atoms with Crippen LogP contribution in [0.3, 0.4) is 0 Å². The lowest BCUT2D eigenvalue weighted by atomic mass is 10.1. The van der Waals surface area contributed by atoms with Crippen LogP contribution in [0.5, 0.6) is 11.5 Å². The molecule has 0 bridgehead atoms. The van der Waals surface area contributed by atoms with Crippen LogP contribution in [0.25, 0.3) is 10.8 Å². The van der Waals surface area contributed by atoms with Crippen LogP contribution >= 0.6 is 0 Å². The average molecular weight is 283 g/mol. The van der Waals surface area contributed by atoms with Gasteiger partial charge in [-0.25, -0.2) is 4.99 Å². The van der Waals surface area contributed by atoms with E-state index in [0.717, 1.165) is 33.7 Å². The molecule has 0 aromatic heterocycles. The fraction of sp³-hybridized carbons (Fsp3) is 0.353. The maximum absolute atomic E-state index is 5.75. The molecular weight excluding hydrogens is 266 g/mol. The Balaban J connectivity index is 1.74. The zero-order valence-corrected chi connectivity index (χ0v) is 12.1. The third-order valence-corrected chi connectivity index (χ3v) is 4.02. The summed E-state index contributed by atoms with van der Waals surface area (Å²) in [6, 6.07) is 10.5. The lowest BCUT2D eigenvalue weighted by Gasteiger charge is -2.06. The van der Waals surface area contributed by atoms with Crippen molar-refractivity contribution in [2.45, 2.75) is 19.9 Å². The van der Waals surface area contributed by atoms with Crippen LogP contribution < -0.4 is 9.47 Å². The third-order valence-electron chi connectivity index (χ3n) is 4.02. The smallest absolute Gasteiger partial charge is 0.231 e. The van der Waals surface area contributed by atoms with E-state index in [1.54, 1.807) is 0 Å². The minimum absolute atomic E-state index is 0.257. The van der Waals surface area contributed by atoms with E-state index in [1.165, 1.54) is 0 Å². The first-order valence-corrected chi connectivity index (χ1v) is 7.25. The van der Waals surface area contributed by atoms with E-state index >= 15 is 0 Å². The Morgan fingerprint density at radius 1 is 1.00 bits per heavy atom. The van der Waals surface area contributed by atoms with E-state index in [9.17, 15) is 0 Å². The van der Waals surface area contributed by atoms with Crippen molar-refractivity contribution in [3.63, 3.8) is 0 Å². The number of benzene rings is 2. The van der Waals surface area contributed by atoms with Crippen LogP contribution in [0.2, 0.25) is 0 Å². The van der Waals surface area contributed by atoms with Gasteiger partial charge in [-0.3, -0.25) is 0 Å². The van der Waals surface area contributed by atoms with Crippen molar-refractivity contribution in [3.8, 4) is 11.5 Å². The highest BCUT2D eigenvalue weighted by atomic mass is 16.7. The van der Waals surface area contributed by atoms with Gasteiger partial charge in [-0.05, 0) is 41.0 Å². The first-order chi connectivity index (χ1) is 10.2. The van der Waals surface area contributed by atoms with Crippen molar-refractivity contribution in [1.82, 2.24) is 0 Å². The molecule has 4 heteroatoms. The Bertz CT molecular complexity index is 736. The maximum Gasteiger partial charge on any atom is 0.231 e. The number of hydrogen-bond donors (Lipinski definition) is 0. The Morgan fingerprint density at radius 2 is 1.76 bits per heavy atom. The number of rotatable bonds is 2. The number of ether oxygens (including phenoxy) is 3. The number of aliphatic imine (C=N–C) groups is 1. The lowest BCUT2D eigenvalue weighted by Crippen LogP contribution is -2.13. The van der Waals surface area contributed by atoms with Crippen LogP contribution in [0.1, 0.15) is 19.4 Å². The van der Waals surface area contributed by atoms with Gasteiger partial charge in [0.2, 0.25) is 12.7 Å². The normalized spacial score (nSPS) is 20.0. The number of fused-ring (bicyclic) bond motifs is 2. The van der Waals surface area contributed by atoms with Crippen LogP contribution in [-0.2, 0) is 4.74 Å². The summed E-state index contributed by atoms with van der Waals surface area (Å²) in [7, 11) is 0. The van der Waals surface area contributed by atoms with Gasteiger partial charge < -0.3 is 14.2 Å². The molecule has 21 heavy (non-hydrogen) atoms. The van der Waals surface area contributed by atoms with E-state index < -0.39 is 0 Å². The quantitative estimate of drug-likeness (QED) is 0.848. The monoisotopic (exact) mass is 283 g/mol. The number of hydrogen-bond acceptors (Lipinski definition) is 4. The van der Waals surface area contributed by atoms with Crippen molar-refractivity contribution >= 4 is 16.7 Å². The average Bonchev–Trinajstić information content (AvgIpc) is 3.13. The van der Waals surface area contributed by atoms with Gasteiger partial charge >= 0.3 is 0 Å². The predicted octanol–water partition coefficient (Wildman–Crippen LogP) is 3.37. The van der Waals surface area contributed by atoms with Gasteiger partial charge in [-0.1, -0.05) is 19.9 Å². The second kappa shape index (κ2) is 4.65. The first kappa shape index (κ1) is 12.5. The molecule has 2 aromatic rings. The molecule has 0 aliphatic carbocycles. The topological polar surface area (TPSA) is 40.0 Å². The molecule has 2 heterocycles. The van der Waals surface area contributed by atoms with E-state index in [2.05, 4.69) is 31.0 Å². The van der Waals surface area contributed by atoms with Gasteiger partial charge in [0.05, 0.1) is 6.04 Å². The zero-order chi connectivity index (χ0) is 14.4. The van der Waals surface area contributed by atoms with E-state index in [0.29, 0.717) is 19.3 Å². The molecule has 1 atom stereocenters. The molecule has 0 radical (unpaired) electrons. The molecule has 0 unspecified atom stereocenters. The van der Waals surface area contributed by atoms with E-state index in [1.807, 2.05) is 18.2 Å². The Labute approximate surface area is 123 Å². The molecule has 4 nitrogen and oxygen atoms in total. The summed E-state index contributed by atoms with van der Waals surface area (Å²) in [4.78, 5) is 4.68. The van der Waals surface area contributed by atoms with Gasteiger partial charge in [0.15, 0.2) is 11.5 Å². The largest absolute Gasteiger partial charge is 0.475 e. The van der Waals surface area contributed by atoms with Crippen molar-refractivity contribution in [2.24, 2.45) is 10.9 Å². The second-order valence-electron chi connectivity index (χ2n) is 5.82. The van der Waals surface area contributed by atoms with Crippen LogP contribution in [0.15, 0.2) is 35.3 Å². The van der Waals surface area contributed by atoms with Crippen LogP contribution in [0.4, 0.5) is 0 Å². The predicted molar refractivity (Wildman–Crippen MR) is 81.2 cm³/mol. The molecule has 0 amide bonds. The van der Waals surface area contributed by atoms with Crippen LogP contribution in [0, 0.1) is 5.92 Å². The van der Waals surface area contributed by atoms with Gasteiger partial charge in [0.1, 0.15) is 6.61 Å². The summed E-state index contributed by atoms with van der Waals surface area (Å²) < 4.78 is 16.6. The molecule has 0 saturated heterocycles. The minimum Gasteiger partial charge on any atom is -0.475 e. The second-order valence-corrected chi connectivity index (χ2v) is 5.82. The van der Waals surface area contributed by atoms with Gasteiger partial charge in [0, 0.05) is 5.56 Å². The zero-order valence-electron chi connectivity index (χ0n) is 12.1. The fourth-order valence-electron chi connectivity index (χ4n) is 2.66. The Kier molecular flexibility index (Phi) is 2.77. The molecule has 2 aliphatic rings. The highest BCUT2D eigenvalue weighted by Crippen LogP contribution is 2.36. The van der Waals surface area contributed by atoms with Crippen molar-refractivity contribution in [2.75, 3.05) is 13.4 Å². The van der Waals surface area contributed by atoms with E-state index in [4.69, 9.17) is 14.2 Å². The highest BCUT2D eigenvalue weighted by molar-refractivity contribution is 5.99. The summed E-state index contributed by atoms with van der Waals surface area (Å²) >= 11 is 0.